The fourth-order valence-corrected chi connectivity index (χ4v) is 7.50. The summed E-state index contributed by atoms with van der Waals surface area (Å²) in [5, 5.41) is 1.23. The highest BCUT2D eigenvalue weighted by molar-refractivity contribution is 7.90. The number of nitrogens with one attached hydrogen (secondary N) is 1. The highest BCUT2D eigenvalue weighted by Crippen LogP contribution is 2.28. The zero-order valence-electron chi connectivity index (χ0n) is 15.1. The molecule has 2 aromatic carbocycles. The Bertz CT molecular complexity index is 766. The summed E-state index contributed by atoms with van der Waals surface area (Å²) >= 11 is 0. The van der Waals surface area contributed by atoms with Crippen molar-refractivity contribution in [3.8, 4) is 0 Å². The van der Waals surface area contributed by atoms with Crippen LogP contribution < -0.4 is 9.91 Å². The van der Waals surface area contributed by atoms with Gasteiger partial charge in [0.15, 0.2) is 0 Å². The van der Waals surface area contributed by atoms with E-state index in [1.807, 2.05) is 48.5 Å². The third-order valence-electron chi connectivity index (χ3n) is 4.45. The molecule has 0 aliphatic heterocycles. The van der Waals surface area contributed by atoms with Crippen molar-refractivity contribution < 1.29 is 8.42 Å². The first-order valence-electron chi connectivity index (χ1n) is 8.18. The normalized spacial score (nSPS) is 14.4. The number of rotatable bonds is 5. The van der Waals surface area contributed by atoms with E-state index in [1.165, 1.54) is 5.19 Å². The Morgan fingerprint density at radius 2 is 1.33 bits per heavy atom. The Morgan fingerprint density at radius 1 is 0.875 bits per heavy atom. The topological polar surface area (TPSA) is 46.2 Å². The van der Waals surface area contributed by atoms with Gasteiger partial charge in [0.25, 0.3) is 0 Å². The minimum atomic E-state index is -3.45. The lowest BCUT2D eigenvalue weighted by Crippen LogP contribution is -2.56. The largest absolute Gasteiger partial charge is 0.216 e. The molecule has 0 aliphatic rings. The summed E-state index contributed by atoms with van der Waals surface area (Å²) in [6.07, 6.45) is 0. The van der Waals surface area contributed by atoms with Crippen LogP contribution in [0.15, 0.2) is 60.7 Å². The second-order valence-corrected chi connectivity index (χ2v) is 14.7. The predicted octanol–water partition coefficient (Wildman–Crippen LogP) is 3.60. The van der Waals surface area contributed by atoms with Gasteiger partial charge in [-0.2, -0.15) is 0 Å². The average molecular weight is 362 g/mol. The molecular formula is C19H27NO2SSi. The van der Waals surface area contributed by atoms with Crippen LogP contribution in [0.1, 0.15) is 32.0 Å². The van der Waals surface area contributed by atoms with Gasteiger partial charge in [0.05, 0.1) is 4.75 Å². The number of sulfonamides is 1. The van der Waals surface area contributed by atoms with Crippen molar-refractivity contribution in [2.24, 2.45) is 0 Å². The quantitative estimate of drug-likeness (QED) is 0.827. The molecule has 1 N–H and O–H groups in total. The summed E-state index contributed by atoms with van der Waals surface area (Å²) in [4.78, 5) is 0. The lowest BCUT2D eigenvalue weighted by Gasteiger charge is -2.36. The van der Waals surface area contributed by atoms with Crippen LogP contribution in [0.25, 0.3) is 0 Å². The monoisotopic (exact) mass is 361 g/mol. The molecule has 2 rings (SSSR count). The Balaban J connectivity index is 2.53. The van der Waals surface area contributed by atoms with Crippen LogP contribution in [0.4, 0.5) is 0 Å². The van der Waals surface area contributed by atoms with Gasteiger partial charge < -0.3 is 0 Å². The molecule has 3 nitrogen and oxygen atoms in total. The molecular weight excluding hydrogens is 334 g/mol. The van der Waals surface area contributed by atoms with Crippen LogP contribution in [0, 0.1) is 0 Å². The molecule has 0 aromatic heterocycles. The van der Waals surface area contributed by atoms with Crippen molar-refractivity contribution >= 4 is 23.3 Å². The maximum absolute atomic E-state index is 12.8. The van der Waals surface area contributed by atoms with Crippen LogP contribution in [0.5, 0.6) is 0 Å². The molecule has 0 spiro atoms. The maximum Gasteiger partial charge on any atom is 0.216 e. The smallest absolute Gasteiger partial charge is 0.212 e. The average Bonchev–Trinajstić information content (AvgIpc) is 2.53. The second-order valence-electron chi connectivity index (χ2n) is 7.67. The fourth-order valence-electron chi connectivity index (χ4n) is 2.64. The third kappa shape index (κ3) is 3.96. The summed E-state index contributed by atoms with van der Waals surface area (Å²) < 4.78 is 27.8. The standard InChI is InChI=1S/C19H27NO2SSi/c1-19(2,3)23(21,22)20-18(16-12-8-6-9-13-16)24(4,5)17-14-10-7-11-15-17/h6-15,18,20H,1-5H3/t18-/m1/s1. The van der Waals surface area contributed by atoms with E-state index in [-0.39, 0.29) is 5.67 Å². The Kier molecular flexibility index (Phi) is 5.37. The van der Waals surface area contributed by atoms with Crippen molar-refractivity contribution in [2.45, 2.75) is 44.3 Å². The maximum atomic E-state index is 12.8. The zero-order chi connectivity index (χ0) is 18.0. The molecule has 1 atom stereocenters. The van der Waals surface area contributed by atoms with E-state index >= 15 is 0 Å². The highest BCUT2D eigenvalue weighted by atomic mass is 32.2. The van der Waals surface area contributed by atoms with Crippen LogP contribution in [0.2, 0.25) is 13.1 Å². The molecule has 0 amide bonds. The summed E-state index contributed by atoms with van der Waals surface area (Å²) in [5.41, 5.74) is 0.802. The van der Waals surface area contributed by atoms with Crippen LogP contribution in [-0.4, -0.2) is 21.2 Å². The molecule has 5 heteroatoms. The Hall–Kier alpha value is -1.43. The number of benzene rings is 2. The van der Waals surface area contributed by atoms with Gasteiger partial charge in [-0.25, -0.2) is 13.1 Å². The van der Waals surface area contributed by atoms with E-state index in [9.17, 15) is 8.42 Å². The predicted molar refractivity (Wildman–Crippen MR) is 105 cm³/mol. The lowest BCUT2D eigenvalue weighted by atomic mass is 10.2. The highest BCUT2D eigenvalue weighted by Gasteiger charge is 2.40. The minimum Gasteiger partial charge on any atom is -0.212 e. The first kappa shape index (κ1) is 18.9. The van der Waals surface area contributed by atoms with E-state index in [0.29, 0.717) is 0 Å². The summed E-state index contributed by atoms with van der Waals surface area (Å²) in [5.74, 6) is 0. The van der Waals surface area contributed by atoms with Crippen molar-refractivity contribution in [3.05, 3.63) is 66.2 Å². The molecule has 0 bridgehead atoms. The van der Waals surface area contributed by atoms with Crippen molar-refractivity contribution in [3.63, 3.8) is 0 Å². The van der Waals surface area contributed by atoms with Gasteiger partial charge in [-0.3, -0.25) is 0 Å². The second kappa shape index (κ2) is 6.82. The molecule has 0 radical (unpaired) electrons. The summed E-state index contributed by atoms with van der Waals surface area (Å²) in [7, 11) is -5.58. The SMILES string of the molecule is CC(C)(C)S(=O)(=O)N[C@@H](c1ccccc1)[Si](C)(C)c1ccccc1. The van der Waals surface area contributed by atoms with Gasteiger partial charge >= 0.3 is 0 Å². The molecule has 0 saturated carbocycles. The first-order chi connectivity index (χ1) is 11.1. The molecule has 24 heavy (non-hydrogen) atoms. The van der Waals surface area contributed by atoms with Crippen LogP contribution >= 0.6 is 0 Å². The van der Waals surface area contributed by atoms with Gasteiger partial charge in [0, 0.05) is 5.67 Å². The molecule has 0 aliphatic carbocycles. The molecule has 0 saturated heterocycles. The lowest BCUT2D eigenvalue weighted by molar-refractivity contribution is 0.541. The molecule has 0 fully saturated rings. The van der Waals surface area contributed by atoms with E-state index < -0.39 is 22.8 Å². The number of hydrogen-bond acceptors (Lipinski definition) is 2. The van der Waals surface area contributed by atoms with Gasteiger partial charge in [0.2, 0.25) is 10.0 Å². The van der Waals surface area contributed by atoms with Crippen molar-refractivity contribution in [2.75, 3.05) is 0 Å². The first-order valence-corrected chi connectivity index (χ1v) is 12.7. The van der Waals surface area contributed by atoms with E-state index in [0.717, 1.165) is 5.56 Å². The Morgan fingerprint density at radius 3 is 1.79 bits per heavy atom. The molecule has 0 unspecified atom stereocenters. The number of hydrogen-bond donors (Lipinski definition) is 1. The van der Waals surface area contributed by atoms with Gasteiger partial charge in [0.1, 0.15) is 8.07 Å². The van der Waals surface area contributed by atoms with Crippen molar-refractivity contribution in [1.29, 1.82) is 0 Å². The molecule has 2 aromatic rings. The Labute approximate surface area is 147 Å². The summed E-state index contributed by atoms with van der Waals surface area (Å²) in [6.45, 7) is 9.62. The van der Waals surface area contributed by atoms with Gasteiger partial charge in [-0.1, -0.05) is 78.9 Å². The van der Waals surface area contributed by atoms with Gasteiger partial charge in [-0.05, 0) is 26.3 Å². The zero-order valence-corrected chi connectivity index (χ0v) is 16.9. The molecule has 130 valence electrons. The third-order valence-corrected chi connectivity index (χ3v) is 10.6. The van der Waals surface area contributed by atoms with E-state index in [4.69, 9.17) is 0 Å². The minimum absolute atomic E-state index is 0.217. The fraction of sp³-hybridized carbons (Fsp3) is 0.368. The van der Waals surface area contributed by atoms with Crippen LogP contribution in [-0.2, 0) is 10.0 Å². The molecule has 0 heterocycles. The summed E-state index contributed by atoms with van der Waals surface area (Å²) in [6, 6.07) is 20.1. The van der Waals surface area contributed by atoms with Crippen molar-refractivity contribution in [1.82, 2.24) is 4.72 Å². The van der Waals surface area contributed by atoms with Gasteiger partial charge in [-0.15, -0.1) is 0 Å². The van der Waals surface area contributed by atoms with E-state index in [1.54, 1.807) is 20.8 Å². The van der Waals surface area contributed by atoms with E-state index in [2.05, 4.69) is 29.9 Å². The van der Waals surface area contributed by atoms with Crippen LogP contribution in [0.3, 0.4) is 0 Å².